The van der Waals surface area contributed by atoms with Gasteiger partial charge in [0.15, 0.2) is 0 Å². The topological polar surface area (TPSA) is 71.2 Å². The largest absolute Gasteiger partial charge is 0.495 e. The number of benzene rings is 3. The first-order valence-corrected chi connectivity index (χ1v) is 9.90. The van der Waals surface area contributed by atoms with Gasteiger partial charge in [-0.25, -0.2) is 0 Å². The molecule has 0 aliphatic carbocycles. The van der Waals surface area contributed by atoms with E-state index in [0.717, 1.165) is 22.3 Å². The molecule has 0 atom stereocenters. The number of anilines is 1. The number of nitrogens with one attached hydrogen (secondary N) is 2. The number of aromatic nitrogens is 1. The van der Waals surface area contributed by atoms with Crippen LogP contribution in [0.5, 0.6) is 5.75 Å². The zero-order valence-corrected chi connectivity index (χ0v) is 17.3. The number of carbonyl (C=O) groups excluding carboxylic acids is 1. The summed E-state index contributed by atoms with van der Waals surface area (Å²) in [7, 11) is 1.53. The Kier molecular flexibility index (Phi) is 5.67. The van der Waals surface area contributed by atoms with E-state index in [1.165, 1.54) is 13.2 Å². The van der Waals surface area contributed by atoms with Crippen LogP contribution in [0.4, 0.5) is 5.69 Å². The molecule has 3 aromatic carbocycles. The van der Waals surface area contributed by atoms with Gasteiger partial charge in [-0.05, 0) is 53.4 Å². The Morgan fingerprint density at radius 3 is 2.19 bits per heavy atom. The van der Waals surface area contributed by atoms with Crippen molar-refractivity contribution in [2.75, 3.05) is 12.4 Å². The van der Waals surface area contributed by atoms with Crippen LogP contribution in [0.15, 0.2) is 89.7 Å². The minimum Gasteiger partial charge on any atom is -0.495 e. The number of hydrogen-bond donors (Lipinski definition) is 2. The summed E-state index contributed by atoms with van der Waals surface area (Å²) in [5.74, 6) is 0.0432. The van der Waals surface area contributed by atoms with Gasteiger partial charge in [-0.15, -0.1) is 0 Å². The molecule has 0 spiro atoms. The van der Waals surface area contributed by atoms with Crippen molar-refractivity contribution >= 4 is 11.6 Å². The SMILES string of the molecule is COc1ccc(C)cc1NC(=O)c1ccc(-c2ccc(-c3ccccc3)cc2)[nH]c1=O. The van der Waals surface area contributed by atoms with Gasteiger partial charge in [-0.3, -0.25) is 9.59 Å². The number of carbonyl (C=O) groups is 1. The summed E-state index contributed by atoms with van der Waals surface area (Å²) in [5, 5.41) is 2.76. The number of rotatable bonds is 5. The normalized spacial score (nSPS) is 10.5. The van der Waals surface area contributed by atoms with E-state index in [9.17, 15) is 9.59 Å². The molecule has 1 heterocycles. The Hall–Kier alpha value is -4.12. The molecule has 1 aromatic heterocycles. The van der Waals surface area contributed by atoms with Crippen LogP contribution < -0.4 is 15.6 Å². The molecule has 2 N–H and O–H groups in total. The predicted octanol–water partition coefficient (Wildman–Crippen LogP) is 5.28. The highest BCUT2D eigenvalue weighted by Gasteiger charge is 2.14. The quantitative estimate of drug-likeness (QED) is 0.470. The molecule has 5 nitrogen and oxygen atoms in total. The zero-order valence-electron chi connectivity index (χ0n) is 17.3. The van der Waals surface area contributed by atoms with Crippen molar-refractivity contribution in [2.24, 2.45) is 0 Å². The summed E-state index contributed by atoms with van der Waals surface area (Å²) < 4.78 is 5.29. The molecule has 1 amide bonds. The number of aryl methyl sites for hydroxylation is 1. The molecule has 0 unspecified atom stereocenters. The monoisotopic (exact) mass is 410 g/mol. The second kappa shape index (κ2) is 8.71. The lowest BCUT2D eigenvalue weighted by Gasteiger charge is -2.11. The fraction of sp³-hybridized carbons (Fsp3) is 0.0769. The first-order valence-electron chi connectivity index (χ1n) is 9.90. The van der Waals surface area contributed by atoms with E-state index in [2.05, 4.69) is 10.3 Å². The summed E-state index contributed by atoms with van der Waals surface area (Å²) in [5.41, 5.74) is 4.81. The summed E-state index contributed by atoms with van der Waals surface area (Å²) in [6, 6.07) is 26.7. The lowest BCUT2D eigenvalue weighted by molar-refractivity contribution is 0.102. The minimum absolute atomic E-state index is 0.0354. The summed E-state index contributed by atoms with van der Waals surface area (Å²) >= 11 is 0. The Labute approximate surface area is 180 Å². The average molecular weight is 410 g/mol. The van der Waals surface area contributed by atoms with E-state index >= 15 is 0 Å². The maximum atomic E-state index is 12.7. The summed E-state index contributed by atoms with van der Waals surface area (Å²) in [6.45, 7) is 1.92. The van der Waals surface area contributed by atoms with Crippen LogP contribution in [-0.2, 0) is 0 Å². The number of H-pyrrole nitrogens is 1. The van der Waals surface area contributed by atoms with Crippen molar-refractivity contribution in [3.63, 3.8) is 0 Å². The summed E-state index contributed by atoms with van der Waals surface area (Å²) in [4.78, 5) is 28.1. The van der Waals surface area contributed by atoms with Crippen molar-refractivity contribution in [1.29, 1.82) is 0 Å². The van der Waals surface area contributed by atoms with Crippen LogP contribution in [0, 0.1) is 6.92 Å². The van der Waals surface area contributed by atoms with Gasteiger partial charge in [-0.1, -0.05) is 60.7 Å². The van der Waals surface area contributed by atoms with Crippen LogP contribution in [0.2, 0.25) is 0 Å². The second-order valence-electron chi connectivity index (χ2n) is 7.22. The van der Waals surface area contributed by atoms with Crippen molar-refractivity contribution in [3.05, 3.63) is 106 Å². The number of amides is 1. The highest BCUT2D eigenvalue weighted by atomic mass is 16.5. The number of ether oxygens (including phenoxy) is 1. The Morgan fingerprint density at radius 2 is 1.52 bits per heavy atom. The molecular formula is C26H22N2O3. The van der Waals surface area contributed by atoms with Crippen LogP contribution in [0.3, 0.4) is 0 Å². The van der Waals surface area contributed by atoms with Gasteiger partial charge in [0, 0.05) is 5.69 Å². The third kappa shape index (κ3) is 4.41. The lowest BCUT2D eigenvalue weighted by atomic mass is 10.0. The molecule has 0 saturated carbocycles. The maximum Gasteiger partial charge on any atom is 0.261 e. The van der Waals surface area contributed by atoms with E-state index in [1.807, 2.05) is 67.6 Å². The molecule has 0 aliphatic heterocycles. The zero-order chi connectivity index (χ0) is 21.8. The average Bonchev–Trinajstić information content (AvgIpc) is 2.80. The Morgan fingerprint density at radius 1 is 0.839 bits per heavy atom. The molecule has 0 fully saturated rings. The van der Waals surface area contributed by atoms with Crippen molar-refractivity contribution < 1.29 is 9.53 Å². The van der Waals surface area contributed by atoms with Gasteiger partial charge in [0.1, 0.15) is 11.3 Å². The second-order valence-corrected chi connectivity index (χ2v) is 7.22. The van der Waals surface area contributed by atoms with Gasteiger partial charge in [0.25, 0.3) is 11.5 Å². The number of methoxy groups -OCH3 is 1. The smallest absolute Gasteiger partial charge is 0.261 e. The van der Waals surface area contributed by atoms with Crippen LogP contribution in [0.1, 0.15) is 15.9 Å². The highest BCUT2D eigenvalue weighted by molar-refractivity contribution is 6.05. The molecule has 4 aromatic rings. The Bertz CT molecular complexity index is 1280. The maximum absolute atomic E-state index is 12.7. The van der Waals surface area contributed by atoms with Crippen LogP contribution in [-0.4, -0.2) is 18.0 Å². The van der Waals surface area contributed by atoms with Crippen molar-refractivity contribution in [3.8, 4) is 28.1 Å². The van der Waals surface area contributed by atoms with Crippen LogP contribution >= 0.6 is 0 Å². The number of pyridine rings is 1. The third-order valence-electron chi connectivity index (χ3n) is 5.06. The third-order valence-corrected chi connectivity index (χ3v) is 5.06. The molecular weight excluding hydrogens is 388 g/mol. The van der Waals surface area contributed by atoms with Gasteiger partial charge < -0.3 is 15.0 Å². The Balaban J connectivity index is 1.56. The van der Waals surface area contributed by atoms with E-state index in [1.54, 1.807) is 18.2 Å². The minimum atomic E-state index is -0.490. The van der Waals surface area contributed by atoms with Gasteiger partial charge >= 0.3 is 0 Å². The molecule has 0 radical (unpaired) electrons. The van der Waals surface area contributed by atoms with Crippen molar-refractivity contribution in [2.45, 2.75) is 6.92 Å². The van der Waals surface area contributed by atoms with Crippen molar-refractivity contribution in [1.82, 2.24) is 4.98 Å². The molecule has 4 rings (SSSR count). The first kappa shape index (κ1) is 20.2. The molecule has 0 aliphatic rings. The molecule has 0 bridgehead atoms. The number of aromatic amines is 1. The van der Waals surface area contributed by atoms with Gasteiger partial charge in [-0.2, -0.15) is 0 Å². The fourth-order valence-electron chi connectivity index (χ4n) is 3.40. The standard InChI is InChI=1S/C26H22N2O3/c1-17-8-15-24(31-2)23(16-17)28-26(30)21-13-14-22(27-25(21)29)20-11-9-19(10-12-20)18-6-4-3-5-7-18/h3-16H,1-2H3,(H,27,29)(H,28,30). The van der Waals surface area contributed by atoms with E-state index in [-0.39, 0.29) is 5.56 Å². The van der Waals surface area contributed by atoms with Gasteiger partial charge in [0.2, 0.25) is 0 Å². The first-order chi connectivity index (χ1) is 15.0. The lowest BCUT2D eigenvalue weighted by Crippen LogP contribution is -2.23. The van der Waals surface area contributed by atoms with E-state index in [0.29, 0.717) is 17.1 Å². The van der Waals surface area contributed by atoms with E-state index < -0.39 is 11.5 Å². The van der Waals surface area contributed by atoms with E-state index in [4.69, 9.17) is 4.74 Å². The number of hydrogen-bond acceptors (Lipinski definition) is 3. The van der Waals surface area contributed by atoms with Crippen LogP contribution in [0.25, 0.3) is 22.4 Å². The fourth-order valence-corrected chi connectivity index (χ4v) is 3.40. The molecule has 0 saturated heterocycles. The highest BCUT2D eigenvalue weighted by Crippen LogP contribution is 2.26. The molecule has 154 valence electrons. The van der Waals surface area contributed by atoms with Gasteiger partial charge in [0.05, 0.1) is 12.8 Å². The molecule has 31 heavy (non-hydrogen) atoms. The predicted molar refractivity (Wildman–Crippen MR) is 124 cm³/mol. The summed E-state index contributed by atoms with van der Waals surface area (Å²) in [6.07, 6.45) is 0. The molecule has 5 heteroatoms.